The first kappa shape index (κ1) is 19.4. The molecule has 1 saturated heterocycles. The number of carbonyl (C=O) groups excluding carboxylic acids is 1. The van der Waals surface area contributed by atoms with Crippen LogP contribution in [-0.4, -0.2) is 29.8 Å². The number of carbonyl (C=O) groups is 1. The second-order valence-corrected chi connectivity index (χ2v) is 7.92. The second-order valence-electron chi connectivity index (χ2n) is 7.54. The van der Waals surface area contributed by atoms with Crippen LogP contribution in [0.1, 0.15) is 54.9 Å². The summed E-state index contributed by atoms with van der Waals surface area (Å²) in [5.41, 5.74) is -1.16. The Morgan fingerprint density at radius 1 is 1.27 bits per heavy atom. The highest BCUT2D eigenvalue weighted by molar-refractivity contribution is 6.35. The largest absolute Gasteiger partial charge is 0.417 e. The van der Waals surface area contributed by atoms with E-state index in [1.165, 1.54) is 12.1 Å². The number of hydrogen-bond acceptors (Lipinski definition) is 2. The smallest absolute Gasteiger partial charge is 0.300 e. The highest BCUT2D eigenvalue weighted by atomic mass is 35.5. The molecule has 2 nitrogen and oxygen atoms in total. The number of nitrogens with zero attached hydrogens (tertiary/aromatic N) is 1. The maximum absolute atomic E-state index is 13.1. The van der Waals surface area contributed by atoms with Gasteiger partial charge in [-0.25, -0.2) is 0 Å². The zero-order valence-corrected chi connectivity index (χ0v) is 15.6. The molecule has 1 aromatic rings. The molecule has 0 aromatic heterocycles. The van der Waals surface area contributed by atoms with E-state index in [2.05, 4.69) is 11.5 Å². The molecule has 1 aliphatic heterocycles. The van der Waals surface area contributed by atoms with Crippen molar-refractivity contribution in [2.45, 2.75) is 51.2 Å². The molecule has 1 heterocycles. The fourth-order valence-corrected chi connectivity index (χ4v) is 4.81. The van der Waals surface area contributed by atoms with Gasteiger partial charge in [0.05, 0.1) is 10.6 Å². The summed E-state index contributed by atoms with van der Waals surface area (Å²) in [6.45, 7) is 8.05. The molecule has 1 saturated carbocycles. The van der Waals surface area contributed by atoms with E-state index >= 15 is 0 Å². The number of hydrogen-bond donors (Lipinski definition) is 0. The molecule has 0 amide bonds. The summed E-state index contributed by atoms with van der Waals surface area (Å²) in [7, 11) is 0. The van der Waals surface area contributed by atoms with Gasteiger partial charge in [-0.15, -0.1) is 0 Å². The van der Waals surface area contributed by atoms with Gasteiger partial charge >= 0.3 is 6.18 Å². The van der Waals surface area contributed by atoms with Gasteiger partial charge in [-0.05, 0) is 50.9 Å². The van der Waals surface area contributed by atoms with Gasteiger partial charge in [-0.2, -0.15) is 13.2 Å². The number of ketones is 1. The molecule has 1 aliphatic carbocycles. The Morgan fingerprint density at radius 3 is 2.54 bits per heavy atom. The van der Waals surface area contributed by atoms with Crippen LogP contribution in [0.3, 0.4) is 0 Å². The molecule has 142 valence electrons. The highest BCUT2D eigenvalue weighted by Crippen LogP contribution is 2.48. The van der Waals surface area contributed by atoms with E-state index in [1.54, 1.807) is 0 Å². The first-order valence-corrected chi connectivity index (χ1v) is 9.38. The summed E-state index contributed by atoms with van der Waals surface area (Å²) >= 11 is 5.96. The minimum absolute atomic E-state index is 0.111. The predicted octanol–water partition coefficient (Wildman–Crippen LogP) is 5.75. The van der Waals surface area contributed by atoms with Crippen LogP contribution < -0.4 is 0 Å². The van der Waals surface area contributed by atoms with E-state index in [9.17, 15) is 18.0 Å². The molecule has 0 N–H and O–H groups in total. The number of alkyl halides is 3. The van der Waals surface area contributed by atoms with Crippen molar-refractivity contribution < 1.29 is 18.0 Å². The number of benzene rings is 1. The van der Waals surface area contributed by atoms with E-state index < -0.39 is 28.0 Å². The van der Waals surface area contributed by atoms with Crippen molar-refractivity contribution in [3.05, 3.63) is 46.5 Å². The first-order valence-electron chi connectivity index (χ1n) is 9.00. The van der Waals surface area contributed by atoms with Crippen molar-refractivity contribution in [3.63, 3.8) is 0 Å². The van der Waals surface area contributed by atoms with Crippen molar-refractivity contribution in [1.29, 1.82) is 0 Å². The third-order valence-electron chi connectivity index (χ3n) is 6.00. The topological polar surface area (TPSA) is 20.3 Å². The standard InChI is InChI=1S/C20H23ClF3NO/c1-13(19(2)10-6-9-16(19)25-11-3-4-12-25)18(26)14-7-5-8-15(17(14)21)20(22,23)24/h5,7-8,16H,1,3-4,6,9-12H2,2H3/t16-,19?/m1/s1. The molecule has 2 atom stereocenters. The predicted molar refractivity (Wildman–Crippen MR) is 96.5 cm³/mol. The highest BCUT2D eigenvalue weighted by Gasteiger charge is 2.47. The Balaban J connectivity index is 1.91. The van der Waals surface area contributed by atoms with Crippen LogP contribution in [0.15, 0.2) is 30.4 Å². The molecular formula is C20H23ClF3NO. The lowest BCUT2D eigenvalue weighted by Gasteiger charge is -2.39. The Bertz CT molecular complexity index is 724. The van der Waals surface area contributed by atoms with E-state index in [4.69, 9.17) is 11.6 Å². The summed E-state index contributed by atoms with van der Waals surface area (Å²) < 4.78 is 39.3. The molecule has 26 heavy (non-hydrogen) atoms. The second kappa shape index (κ2) is 7.01. The van der Waals surface area contributed by atoms with Crippen molar-refractivity contribution >= 4 is 17.4 Å². The third-order valence-corrected chi connectivity index (χ3v) is 6.41. The molecule has 6 heteroatoms. The molecule has 2 aliphatic rings. The monoisotopic (exact) mass is 385 g/mol. The van der Waals surface area contributed by atoms with E-state index in [1.807, 2.05) is 6.92 Å². The van der Waals surface area contributed by atoms with Crippen LogP contribution >= 0.6 is 11.6 Å². The summed E-state index contributed by atoms with van der Waals surface area (Å²) in [6, 6.07) is 3.69. The van der Waals surface area contributed by atoms with Crippen molar-refractivity contribution in [1.82, 2.24) is 4.90 Å². The lowest BCUT2D eigenvalue weighted by atomic mass is 9.74. The summed E-state index contributed by atoms with van der Waals surface area (Å²) in [6.07, 6.45) is 0.484. The number of likely N-dealkylation sites (tertiary alicyclic amines) is 1. The number of Topliss-reactive ketones (excluding diaryl/α,β-unsaturated/α-hetero) is 1. The number of halogens is 4. The Morgan fingerprint density at radius 2 is 1.92 bits per heavy atom. The van der Waals surface area contributed by atoms with Gasteiger partial charge in [0.2, 0.25) is 0 Å². The molecule has 1 aromatic carbocycles. The third kappa shape index (κ3) is 3.31. The Labute approximate surface area is 157 Å². The Hall–Kier alpha value is -1.33. The molecule has 0 spiro atoms. The molecular weight excluding hydrogens is 363 g/mol. The van der Waals surface area contributed by atoms with Gasteiger partial charge < -0.3 is 0 Å². The maximum atomic E-state index is 13.1. The average molecular weight is 386 g/mol. The lowest BCUT2D eigenvalue weighted by molar-refractivity contribution is -0.137. The Kier molecular flexibility index (Phi) is 5.24. The normalized spacial score (nSPS) is 27.0. The van der Waals surface area contributed by atoms with Crippen LogP contribution in [0.25, 0.3) is 0 Å². The molecule has 1 unspecified atom stereocenters. The van der Waals surface area contributed by atoms with Gasteiger partial charge in [-0.1, -0.05) is 37.6 Å². The number of rotatable bonds is 4. The van der Waals surface area contributed by atoms with E-state index in [-0.39, 0.29) is 11.6 Å². The fraction of sp³-hybridized carbons (Fsp3) is 0.550. The minimum atomic E-state index is -4.59. The maximum Gasteiger partial charge on any atom is 0.417 e. The first-order chi connectivity index (χ1) is 12.2. The summed E-state index contributed by atoms with van der Waals surface area (Å²) in [5.74, 6) is -0.477. The SMILES string of the molecule is C=C(C(=O)c1cccc(C(F)(F)F)c1Cl)C1(C)CCC[C@H]1N1CCCC1. The van der Waals surface area contributed by atoms with Crippen LogP contribution in [0.5, 0.6) is 0 Å². The fourth-order valence-electron chi connectivity index (χ4n) is 4.49. The molecule has 3 rings (SSSR count). The van der Waals surface area contributed by atoms with Gasteiger partial charge in [0.25, 0.3) is 0 Å². The van der Waals surface area contributed by atoms with Gasteiger partial charge in [0.15, 0.2) is 5.78 Å². The van der Waals surface area contributed by atoms with Crippen molar-refractivity contribution in [2.24, 2.45) is 5.41 Å². The molecule has 2 fully saturated rings. The van der Waals surface area contributed by atoms with Crippen LogP contribution in [-0.2, 0) is 6.18 Å². The van der Waals surface area contributed by atoms with Gasteiger partial charge in [0.1, 0.15) is 0 Å². The van der Waals surface area contributed by atoms with Crippen LogP contribution in [0, 0.1) is 5.41 Å². The van der Waals surface area contributed by atoms with Crippen molar-refractivity contribution in [3.8, 4) is 0 Å². The zero-order valence-electron chi connectivity index (χ0n) is 14.8. The lowest BCUT2D eigenvalue weighted by Crippen LogP contribution is -2.44. The summed E-state index contributed by atoms with van der Waals surface area (Å²) in [5, 5.41) is -0.537. The zero-order chi connectivity index (χ0) is 19.1. The van der Waals surface area contributed by atoms with E-state index in [0.29, 0.717) is 5.57 Å². The summed E-state index contributed by atoms with van der Waals surface area (Å²) in [4.78, 5) is 15.4. The van der Waals surface area contributed by atoms with Crippen LogP contribution in [0.2, 0.25) is 5.02 Å². The van der Waals surface area contributed by atoms with Gasteiger partial charge in [0, 0.05) is 22.6 Å². The minimum Gasteiger partial charge on any atom is -0.300 e. The van der Waals surface area contributed by atoms with Gasteiger partial charge in [-0.3, -0.25) is 9.69 Å². The molecule has 0 radical (unpaired) electrons. The van der Waals surface area contributed by atoms with Crippen LogP contribution in [0.4, 0.5) is 13.2 Å². The van der Waals surface area contributed by atoms with Crippen molar-refractivity contribution in [2.75, 3.05) is 13.1 Å². The average Bonchev–Trinajstić information content (AvgIpc) is 3.22. The quantitative estimate of drug-likeness (QED) is 0.485. The van der Waals surface area contributed by atoms with E-state index in [0.717, 1.165) is 51.3 Å². The molecule has 0 bridgehead atoms.